The summed E-state index contributed by atoms with van der Waals surface area (Å²) in [6.07, 6.45) is 1.35. The second-order valence-corrected chi connectivity index (χ2v) is 7.33. The van der Waals surface area contributed by atoms with E-state index in [4.69, 9.17) is 10.8 Å². The monoisotopic (exact) mass is 320 g/mol. The van der Waals surface area contributed by atoms with Crippen LogP contribution >= 0.6 is 11.3 Å². The van der Waals surface area contributed by atoms with Crippen LogP contribution in [0.2, 0.25) is 0 Å². The number of nitrogens with two attached hydrogens (primary N) is 1. The van der Waals surface area contributed by atoms with Crippen LogP contribution in [0.4, 0.5) is 0 Å². The number of amides is 1. The zero-order chi connectivity index (χ0) is 15.3. The Morgan fingerprint density at radius 3 is 2.50 bits per heavy atom. The minimum Gasteiger partial charge on any atom is -0.477 e. The van der Waals surface area contributed by atoms with Gasteiger partial charge in [-0.2, -0.15) is 4.31 Å². The van der Waals surface area contributed by atoms with Crippen LogP contribution in [0.3, 0.4) is 0 Å². The van der Waals surface area contributed by atoms with Gasteiger partial charge in [0.25, 0.3) is 10.0 Å². The number of aromatic carboxylic acids is 1. The van der Waals surface area contributed by atoms with Crippen LogP contribution in [0.1, 0.15) is 29.4 Å². The van der Waals surface area contributed by atoms with Crippen LogP contribution in [0.25, 0.3) is 0 Å². The van der Waals surface area contributed by atoms with Gasteiger partial charge in [-0.05, 0) is 18.6 Å². The summed E-state index contributed by atoms with van der Waals surface area (Å²) in [4.78, 5) is 21.7. The van der Waals surface area contributed by atoms with E-state index in [1.807, 2.05) is 6.92 Å². The highest BCUT2D eigenvalue weighted by Gasteiger charge is 2.27. The summed E-state index contributed by atoms with van der Waals surface area (Å²) in [5.41, 5.74) is 5.06. The standard InChI is InChI=1S/C11H16N2O5S2/c1-2-3-6-13(7-9(12)14)20(17,18)10-5-4-8(19-10)11(15)16/h4-5H,2-3,6-7H2,1H3,(H2,12,14)(H,15,16). The average molecular weight is 320 g/mol. The number of carbonyl (C=O) groups is 2. The molecule has 0 saturated heterocycles. The van der Waals surface area contributed by atoms with E-state index in [1.165, 1.54) is 12.1 Å². The molecule has 3 N–H and O–H groups in total. The van der Waals surface area contributed by atoms with Gasteiger partial charge in [-0.1, -0.05) is 13.3 Å². The van der Waals surface area contributed by atoms with E-state index in [1.54, 1.807) is 0 Å². The lowest BCUT2D eigenvalue weighted by Gasteiger charge is -2.19. The molecule has 0 atom stereocenters. The maximum atomic E-state index is 12.3. The lowest BCUT2D eigenvalue weighted by Crippen LogP contribution is -2.38. The summed E-state index contributed by atoms with van der Waals surface area (Å²) in [5.74, 6) is -1.94. The number of sulfonamides is 1. The highest BCUT2D eigenvalue weighted by atomic mass is 32.2. The number of carbonyl (C=O) groups excluding carboxylic acids is 1. The summed E-state index contributed by atoms with van der Waals surface area (Å²) in [6, 6.07) is 2.45. The van der Waals surface area contributed by atoms with E-state index in [9.17, 15) is 18.0 Å². The molecule has 112 valence electrons. The molecule has 0 aromatic carbocycles. The minimum absolute atomic E-state index is 0.0712. The first-order valence-corrected chi connectivity index (χ1v) is 8.16. The van der Waals surface area contributed by atoms with Gasteiger partial charge in [-0.3, -0.25) is 4.79 Å². The highest BCUT2D eigenvalue weighted by molar-refractivity contribution is 7.91. The summed E-state index contributed by atoms with van der Waals surface area (Å²) < 4.78 is 25.6. The van der Waals surface area contributed by atoms with Gasteiger partial charge in [0, 0.05) is 6.54 Å². The second kappa shape index (κ2) is 6.82. The molecule has 0 saturated carbocycles. The molecule has 0 fully saturated rings. The third-order valence-electron chi connectivity index (χ3n) is 2.48. The Morgan fingerprint density at radius 2 is 2.05 bits per heavy atom. The molecular formula is C11H16N2O5S2. The van der Waals surface area contributed by atoms with Crippen LogP contribution in [0.15, 0.2) is 16.3 Å². The number of hydrogen-bond acceptors (Lipinski definition) is 5. The number of carboxylic acid groups (broad SMARTS) is 1. The molecule has 1 aromatic heterocycles. The van der Waals surface area contributed by atoms with E-state index in [2.05, 4.69) is 0 Å². The summed E-state index contributed by atoms with van der Waals surface area (Å²) in [7, 11) is -3.89. The van der Waals surface area contributed by atoms with Gasteiger partial charge in [0.1, 0.15) is 9.09 Å². The molecule has 0 aliphatic heterocycles. The Bertz CT molecular complexity index is 594. The number of nitrogens with zero attached hydrogens (tertiary/aromatic N) is 1. The number of unbranched alkanes of at least 4 members (excludes halogenated alkanes) is 1. The Kier molecular flexibility index (Phi) is 5.66. The maximum Gasteiger partial charge on any atom is 0.345 e. The number of hydrogen-bond donors (Lipinski definition) is 2. The summed E-state index contributed by atoms with van der Waals surface area (Å²) in [6.45, 7) is 1.65. The minimum atomic E-state index is -3.89. The molecule has 1 amide bonds. The van der Waals surface area contributed by atoms with Crippen molar-refractivity contribution in [2.24, 2.45) is 5.73 Å². The maximum absolute atomic E-state index is 12.3. The third-order valence-corrected chi connectivity index (χ3v) is 5.87. The fourth-order valence-electron chi connectivity index (χ4n) is 1.49. The Labute approximate surface area is 121 Å². The molecular weight excluding hydrogens is 304 g/mol. The quantitative estimate of drug-likeness (QED) is 0.732. The fraction of sp³-hybridized carbons (Fsp3) is 0.455. The summed E-state index contributed by atoms with van der Waals surface area (Å²) >= 11 is 0.656. The molecule has 7 nitrogen and oxygen atoms in total. The van der Waals surface area contributed by atoms with Crippen molar-refractivity contribution in [3.05, 3.63) is 17.0 Å². The van der Waals surface area contributed by atoms with Crippen LogP contribution in [0, 0.1) is 0 Å². The summed E-state index contributed by atoms with van der Waals surface area (Å²) in [5, 5.41) is 8.82. The normalized spacial score (nSPS) is 11.7. The van der Waals surface area contributed by atoms with Gasteiger partial charge in [-0.15, -0.1) is 11.3 Å². The van der Waals surface area contributed by atoms with E-state index < -0.39 is 28.4 Å². The Hall–Kier alpha value is -1.45. The molecule has 1 rings (SSSR count). The first kappa shape index (κ1) is 16.6. The van der Waals surface area contributed by atoms with Crippen molar-refractivity contribution in [1.82, 2.24) is 4.31 Å². The molecule has 9 heteroatoms. The van der Waals surface area contributed by atoms with Gasteiger partial charge >= 0.3 is 5.97 Å². The van der Waals surface area contributed by atoms with E-state index >= 15 is 0 Å². The van der Waals surface area contributed by atoms with Crippen LogP contribution < -0.4 is 5.73 Å². The first-order chi connectivity index (χ1) is 9.28. The van der Waals surface area contributed by atoms with Crippen molar-refractivity contribution < 1.29 is 23.1 Å². The molecule has 0 spiro atoms. The zero-order valence-corrected chi connectivity index (χ0v) is 12.5. The van der Waals surface area contributed by atoms with Gasteiger partial charge < -0.3 is 10.8 Å². The predicted octanol–water partition coefficient (Wildman–Crippen LogP) is 0.722. The number of thiophene rings is 1. The van der Waals surface area contributed by atoms with Crippen molar-refractivity contribution in [3.63, 3.8) is 0 Å². The van der Waals surface area contributed by atoms with E-state index in [0.29, 0.717) is 17.8 Å². The molecule has 0 bridgehead atoms. The SMILES string of the molecule is CCCCN(CC(N)=O)S(=O)(=O)c1ccc(C(=O)O)s1. The zero-order valence-electron chi connectivity index (χ0n) is 10.9. The molecule has 0 aliphatic rings. The first-order valence-electron chi connectivity index (χ1n) is 5.90. The van der Waals surface area contributed by atoms with Gasteiger partial charge in [-0.25, -0.2) is 13.2 Å². The lowest BCUT2D eigenvalue weighted by molar-refractivity contribution is -0.118. The lowest BCUT2D eigenvalue weighted by atomic mass is 10.3. The van der Waals surface area contributed by atoms with Crippen molar-refractivity contribution in [2.75, 3.05) is 13.1 Å². The smallest absolute Gasteiger partial charge is 0.345 e. The number of rotatable bonds is 8. The van der Waals surface area contributed by atoms with E-state index in [0.717, 1.165) is 10.7 Å². The molecule has 0 aliphatic carbocycles. The van der Waals surface area contributed by atoms with Gasteiger partial charge in [0.2, 0.25) is 5.91 Å². The molecule has 1 heterocycles. The van der Waals surface area contributed by atoms with Gasteiger partial charge in [0.05, 0.1) is 6.54 Å². The predicted molar refractivity (Wildman–Crippen MR) is 74.1 cm³/mol. The van der Waals surface area contributed by atoms with Crippen molar-refractivity contribution in [1.29, 1.82) is 0 Å². The largest absolute Gasteiger partial charge is 0.477 e. The molecule has 1 aromatic rings. The highest BCUT2D eigenvalue weighted by Crippen LogP contribution is 2.25. The topological polar surface area (TPSA) is 118 Å². The van der Waals surface area contributed by atoms with Crippen LogP contribution in [-0.2, 0) is 14.8 Å². The van der Waals surface area contributed by atoms with Crippen molar-refractivity contribution in [3.8, 4) is 0 Å². The van der Waals surface area contributed by atoms with E-state index in [-0.39, 0.29) is 15.6 Å². The number of carboxylic acids is 1. The third kappa shape index (κ3) is 4.02. The van der Waals surface area contributed by atoms with Crippen LogP contribution in [-0.4, -0.2) is 42.8 Å². The van der Waals surface area contributed by atoms with Crippen molar-refractivity contribution in [2.45, 2.75) is 24.0 Å². The Morgan fingerprint density at radius 1 is 1.40 bits per heavy atom. The second-order valence-electron chi connectivity index (χ2n) is 4.08. The molecule has 0 unspecified atom stereocenters. The molecule has 20 heavy (non-hydrogen) atoms. The average Bonchev–Trinajstić information content (AvgIpc) is 2.84. The van der Waals surface area contributed by atoms with Crippen LogP contribution in [0.5, 0.6) is 0 Å². The van der Waals surface area contributed by atoms with Gasteiger partial charge in [0.15, 0.2) is 0 Å². The molecule has 0 radical (unpaired) electrons. The number of primary amides is 1. The fourth-order valence-corrected chi connectivity index (χ4v) is 4.24. The van der Waals surface area contributed by atoms with Crippen molar-refractivity contribution >= 4 is 33.2 Å². The Balaban J connectivity index is 3.07.